The third-order valence-corrected chi connectivity index (χ3v) is 2.37. The predicted molar refractivity (Wildman–Crippen MR) is 60.1 cm³/mol. The number of hydrogen-bond acceptors (Lipinski definition) is 2. The summed E-state index contributed by atoms with van der Waals surface area (Å²) in [6.45, 7) is 0. The van der Waals surface area contributed by atoms with Crippen molar-refractivity contribution < 1.29 is 4.79 Å². The molecular formula is C10H11Cl2NO. The number of nitrogen functional groups attached to an aromatic ring is 1. The maximum atomic E-state index is 11.6. The highest BCUT2D eigenvalue weighted by Crippen LogP contribution is 2.17. The molecule has 4 heteroatoms. The second kappa shape index (κ2) is 5.23. The van der Waals surface area contributed by atoms with E-state index >= 15 is 0 Å². The molecule has 0 aliphatic heterocycles. The summed E-state index contributed by atoms with van der Waals surface area (Å²) in [5.41, 5.74) is 7.58. The second-order valence-corrected chi connectivity index (χ2v) is 3.56. The van der Waals surface area contributed by atoms with Crippen LogP contribution < -0.4 is 5.73 Å². The lowest BCUT2D eigenvalue weighted by Gasteiger charge is -2.05. The van der Waals surface area contributed by atoms with Crippen LogP contribution in [0, 0.1) is 0 Å². The van der Waals surface area contributed by atoms with Crippen LogP contribution in [0.2, 0.25) is 0 Å². The van der Waals surface area contributed by atoms with Crippen LogP contribution in [0.1, 0.15) is 22.3 Å². The number of benzene rings is 1. The lowest BCUT2D eigenvalue weighted by atomic mass is 10.0. The minimum absolute atomic E-state index is 0.00986. The molecule has 0 unspecified atom stereocenters. The fourth-order valence-electron chi connectivity index (χ4n) is 1.22. The van der Waals surface area contributed by atoms with Gasteiger partial charge in [-0.3, -0.25) is 4.79 Å². The summed E-state index contributed by atoms with van der Waals surface area (Å²) in [6.07, 6.45) is 0.329. The molecule has 1 aromatic carbocycles. The average molecular weight is 232 g/mol. The Morgan fingerprint density at radius 3 is 2.64 bits per heavy atom. The van der Waals surface area contributed by atoms with Crippen molar-refractivity contribution in [2.75, 3.05) is 11.6 Å². The Hall–Kier alpha value is -0.730. The van der Waals surface area contributed by atoms with Crippen LogP contribution in [-0.4, -0.2) is 11.7 Å². The predicted octanol–water partition coefficient (Wildman–Crippen LogP) is 2.82. The maximum absolute atomic E-state index is 11.6. The number of rotatable bonds is 4. The fourth-order valence-corrected chi connectivity index (χ4v) is 1.61. The zero-order valence-electron chi connectivity index (χ0n) is 7.59. The van der Waals surface area contributed by atoms with Gasteiger partial charge in [0, 0.05) is 29.4 Å². The molecule has 0 bridgehead atoms. The summed E-state index contributed by atoms with van der Waals surface area (Å²) in [6, 6.07) is 5.11. The molecule has 0 radical (unpaired) electrons. The van der Waals surface area contributed by atoms with Crippen LogP contribution in [-0.2, 0) is 5.88 Å². The molecule has 0 spiro atoms. The van der Waals surface area contributed by atoms with Gasteiger partial charge in [0.25, 0.3) is 0 Å². The third kappa shape index (κ3) is 2.63. The summed E-state index contributed by atoms with van der Waals surface area (Å²) in [5.74, 6) is 0.620. The first-order valence-electron chi connectivity index (χ1n) is 4.22. The smallest absolute Gasteiger partial charge is 0.164 e. The zero-order valence-corrected chi connectivity index (χ0v) is 9.11. The highest BCUT2D eigenvalue weighted by molar-refractivity contribution is 6.20. The molecule has 0 aliphatic carbocycles. The van der Waals surface area contributed by atoms with Crippen molar-refractivity contribution in [2.24, 2.45) is 0 Å². The normalized spacial score (nSPS) is 10.1. The standard InChI is InChI=1S/C10H11Cl2NO/c11-4-3-10(14)9-2-1-8(13)5-7(9)6-12/h1-2,5H,3-4,6,13H2. The van der Waals surface area contributed by atoms with Crippen LogP contribution in [0.15, 0.2) is 18.2 Å². The van der Waals surface area contributed by atoms with Gasteiger partial charge in [0.1, 0.15) is 0 Å². The first-order chi connectivity index (χ1) is 6.69. The van der Waals surface area contributed by atoms with Gasteiger partial charge < -0.3 is 5.73 Å². The van der Waals surface area contributed by atoms with Crippen LogP contribution in [0.4, 0.5) is 5.69 Å². The molecule has 0 heterocycles. The number of carbonyl (C=O) groups excluding carboxylic acids is 1. The van der Waals surface area contributed by atoms with E-state index in [1.807, 2.05) is 0 Å². The van der Waals surface area contributed by atoms with E-state index in [1.54, 1.807) is 18.2 Å². The molecule has 0 aliphatic rings. The Morgan fingerprint density at radius 1 is 1.36 bits per heavy atom. The largest absolute Gasteiger partial charge is 0.399 e. The van der Waals surface area contributed by atoms with Crippen LogP contribution >= 0.6 is 23.2 Å². The number of ketones is 1. The summed E-state index contributed by atoms with van der Waals surface area (Å²) in [7, 11) is 0. The Bertz CT molecular complexity index is 339. The Kier molecular flexibility index (Phi) is 4.23. The first kappa shape index (κ1) is 11.3. The topological polar surface area (TPSA) is 43.1 Å². The van der Waals surface area contributed by atoms with E-state index in [1.165, 1.54) is 0 Å². The SMILES string of the molecule is Nc1ccc(C(=O)CCCl)c(CCl)c1. The zero-order chi connectivity index (χ0) is 10.6. The van der Waals surface area contributed by atoms with Crippen molar-refractivity contribution in [3.63, 3.8) is 0 Å². The number of nitrogens with two attached hydrogens (primary N) is 1. The summed E-state index contributed by atoms with van der Waals surface area (Å²) < 4.78 is 0. The first-order valence-corrected chi connectivity index (χ1v) is 5.29. The molecule has 14 heavy (non-hydrogen) atoms. The van der Waals surface area contributed by atoms with Gasteiger partial charge in [-0.05, 0) is 23.8 Å². The van der Waals surface area contributed by atoms with E-state index < -0.39 is 0 Å². The van der Waals surface area contributed by atoms with E-state index in [4.69, 9.17) is 28.9 Å². The van der Waals surface area contributed by atoms with Crippen molar-refractivity contribution in [3.05, 3.63) is 29.3 Å². The number of alkyl halides is 2. The van der Waals surface area contributed by atoms with Crippen molar-refractivity contribution in [2.45, 2.75) is 12.3 Å². The quantitative estimate of drug-likeness (QED) is 0.492. The minimum atomic E-state index is 0.00986. The monoisotopic (exact) mass is 231 g/mol. The summed E-state index contributed by atoms with van der Waals surface area (Å²) in [5, 5.41) is 0. The van der Waals surface area contributed by atoms with E-state index in [0.717, 1.165) is 5.56 Å². The number of carbonyl (C=O) groups is 1. The molecule has 2 nitrogen and oxygen atoms in total. The average Bonchev–Trinajstić information content (AvgIpc) is 2.17. The van der Waals surface area contributed by atoms with Gasteiger partial charge in [-0.2, -0.15) is 0 Å². The molecule has 1 aromatic rings. The lowest BCUT2D eigenvalue weighted by molar-refractivity contribution is 0.0988. The van der Waals surface area contributed by atoms with Gasteiger partial charge in [-0.1, -0.05) is 0 Å². The molecule has 0 saturated carbocycles. The Balaban J connectivity index is 3.01. The lowest BCUT2D eigenvalue weighted by Crippen LogP contribution is -2.04. The summed E-state index contributed by atoms with van der Waals surface area (Å²) >= 11 is 11.2. The molecule has 0 aromatic heterocycles. The number of halogens is 2. The van der Waals surface area contributed by atoms with Gasteiger partial charge in [-0.15, -0.1) is 23.2 Å². The molecule has 0 atom stereocenters. The van der Waals surface area contributed by atoms with Gasteiger partial charge in [0.2, 0.25) is 0 Å². The van der Waals surface area contributed by atoms with E-state index in [2.05, 4.69) is 0 Å². The van der Waals surface area contributed by atoms with Crippen molar-refractivity contribution in [1.29, 1.82) is 0 Å². The van der Waals surface area contributed by atoms with E-state index in [-0.39, 0.29) is 11.7 Å². The Morgan fingerprint density at radius 2 is 2.07 bits per heavy atom. The molecule has 2 N–H and O–H groups in total. The van der Waals surface area contributed by atoms with E-state index in [9.17, 15) is 4.79 Å². The van der Waals surface area contributed by atoms with Gasteiger partial charge in [-0.25, -0.2) is 0 Å². The van der Waals surface area contributed by atoms with Crippen molar-refractivity contribution >= 4 is 34.7 Å². The van der Waals surface area contributed by atoms with Crippen LogP contribution in [0.5, 0.6) is 0 Å². The number of anilines is 1. The van der Waals surface area contributed by atoms with Gasteiger partial charge in [0.15, 0.2) is 5.78 Å². The number of hydrogen-bond donors (Lipinski definition) is 1. The molecule has 0 amide bonds. The molecular weight excluding hydrogens is 221 g/mol. The summed E-state index contributed by atoms with van der Waals surface area (Å²) in [4.78, 5) is 11.6. The maximum Gasteiger partial charge on any atom is 0.164 e. The fraction of sp³-hybridized carbons (Fsp3) is 0.300. The second-order valence-electron chi connectivity index (χ2n) is 2.91. The van der Waals surface area contributed by atoms with Crippen molar-refractivity contribution in [3.8, 4) is 0 Å². The molecule has 76 valence electrons. The van der Waals surface area contributed by atoms with Gasteiger partial charge in [0.05, 0.1) is 0 Å². The highest BCUT2D eigenvalue weighted by Gasteiger charge is 2.10. The van der Waals surface area contributed by atoms with Crippen LogP contribution in [0.3, 0.4) is 0 Å². The number of Topliss-reactive ketones (excluding diaryl/α,β-unsaturated/α-hetero) is 1. The van der Waals surface area contributed by atoms with Gasteiger partial charge >= 0.3 is 0 Å². The third-order valence-electron chi connectivity index (χ3n) is 1.90. The minimum Gasteiger partial charge on any atom is -0.399 e. The van der Waals surface area contributed by atoms with E-state index in [0.29, 0.717) is 23.6 Å². The molecule has 0 fully saturated rings. The van der Waals surface area contributed by atoms with Crippen molar-refractivity contribution in [1.82, 2.24) is 0 Å². The molecule has 1 rings (SSSR count). The molecule has 0 saturated heterocycles. The van der Waals surface area contributed by atoms with Crippen LogP contribution in [0.25, 0.3) is 0 Å². The highest BCUT2D eigenvalue weighted by atomic mass is 35.5. The Labute approximate surface area is 93.0 Å².